The molecular weight excluding hydrogens is 178 g/mol. The molecule has 2 heterocycles. The smallest absolute Gasteiger partial charge is 0.171 e. The zero-order chi connectivity index (χ0) is 10.2. The van der Waals surface area contributed by atoms with Crippen LogP contribution < -0.4 is 0 Å². The van der Waals surface area contributed by atoms with Gasteiger partial charge in [-0.25, -0.2) is 0 Å². The predicted molar refractivity (Wildman–Crippen MR) is 55.2 cm³/mol. The third-order valence-electron chi connectivity index (χ3n) is 3.29. The lowest BCUT2D eigenvalue weighted by atomic mass is 10.0. The molecule has 2 saturated heterocycles. The van der Waals surface area contributed by atoms with Gasteiger partial charge in [-0.05, 0) is 20.8 Å². The molecule has 0 aliphatic carbocycles. The molecule has 2 aliphatic rings. The largest absolute Gasteiger partial charge is 0.347 e. The Morgan fingerprint density at radius 1 is 1.29 bits per heavy atom. The molecule has 0 bridgehead atoms. The van der Waals surface area contributed by atoms with Crippen LogP contribution in [0.5, 0.6) is 0 Å². The third kappa shape index (κ3) is 1.95. The number of piperidine rings is 1. The summed E-state index contributed by atoms with van der Waals surface area (Å²) >= 11 is 0. The van der Waals surface area contributed by atoms with Crippen molar-refractivity contribution in [1.29, 1.82) is 0 Å². The first-order valence-corrected chi connectivity index (χ1v) is 5.67. The van der Waals surface area contributed by atoms with E-state index in [4.69, 9.17) is 9.47 Å². The Hall–Kier alpha value is -0.120. The van der Waals surface area contributed by atoms with E-state index in [0.29, 0.717) is 6.04 Å². The molecule has 14 heavy (non-hydrogen) atoms. The van der Waals surface area contributed by atoms with E-state index < -0.39 is 0 Å². The molecule has 0 unspecified atom stereocenters. The Morgan fingerprint density at radius 3 is 2.36 bits per heavy atom. The van der Waals surface area contributed by atoms with E-state index in [2.05, 4.69) is 25.7 Å². The summed E-state index contributed by atoms with van der Waals surface area (Å²) in [4.78, 5) is 2.49. The van der Waals surface area contributed by atoms with Crippen LogP contribution in [-0.2, 0) is 9.47 Å². The number of ether oxygens (including phenoxy) is 2. The van der Waals surface area contributed by atoms with Gasteiger partial charge in [-0.2, -0.15) is 0 Å². The molecule has 3 heteroatoms. The Balaban J connectivity index is 1.89. The van der Waals surface area contributed by atoms with Crippen LogP contribution in [0.15, 0.2) is 0 Å². The number of likely N-dealkylation sites (tertiary alicyclic amines) is 1. The van der Waals surface area contributed by atoms with Gasteiger partial charge in [0.15, 0.2) is 5.79 Å². The zero-order valence-corrected chi connectivity index (χ0v) is 9.45. The van der Waals surface area contributed by atoms with Gasteiger partial charge in [-0.3, -0.25) is 0 Å². The topological polar surface area (TPSA) is 21.7 Å². The van der Waals surface area contributed by atoms with Gasteiger partial charge in [-0.1, -0.05) is 0 Å². The number of nitrogens with zero attached hydrogens (tertiary/aromatic N) is 1. The van der Waals surface area contributed by atoms with Crippen LogP contribution in [0.2, 0.25) is 0 Å². The average molecular weight is 199 g/mol. The molecule has 1 atom stereocenters. The van der Waals surface area contributed by atoms with Gasteiger partial charge in [0.2, 0.25) is 0 Å². The quantitative estimate of drug-likeness (QED) is 0.640. The molecule has 0 aromatic rings. The second-order valence-electron chi connectivity index (χ2n) is 4.78. The highest BCUT2D eigenvalue weighted by Gasteiger charge is 2.42. The van der Waals surface area contributed by atoms with E-state index >= 15 is 0 Å². The lowest BCUT2D eigenvalue weighted by Gasteiger charge is -2.39. The summed E-state index contributed by atoms with van der Waals surface area (Å²) in [5, 5.41) is 0. The Labute approximate surface area is 86.4 Å². The van der Waals surface area contributed by atoms with E-state index in [9.17, 15) is 0 Å². The number of rotatable bonds is 1. The highest BCUT2D eigenvalue weighted by Crippen LogP contribution is 2.34. The monoisotopic (exact) mass is 199 g/mol. The first kappa shape index (κ1) is 10.4. The summed E-state index contributed by atoms with van der Waals surface area (Å²) < 4.78 is 11.6. The van der Waals surface area contributed by atoms with Crippen LogP contribution in [0.1, 0.15) is 33.6 Å². The SMILES string of the molecule is CC(C)N1CCC2(CC1)OC[C@H](C)O2. The van der Waals surface area contributed by atoms with Crippen LogP contribution in [-0.4, -0.2) is 42.5 Å². The normalized spacial score (nSPS) is 33.0. The number of hydrogen-bond donors (Lipinski definition) is 0. The molecule has 0 amide bonds. The van der Waals surface area contributed by atoms with Crippen molar-refractivity contribution < 1.29 is 9.47 Å². The van der Waals surface area contributed by atoms with Crippen LogP contribution in [0.25, 0.3) is 0 Å². The van der Waals surface area contributed by atoms with Crippen LogP contribution >= 0.6 is 0 Å². The maximum atomic E-state index is 5.87. The molecule has 0 radical (unpaired) electrons. The zero-order valence-electron chi connectivity index (χ0n) is 9.45. The molecule has 82 valence electrons. The van der Waals surface area contributed by atoms with Gasteiger partial charge in [0, 0.05) is 32.0 Å². The second kappa shape index (κ2) is 3.80. The second-order valence-corrected chi connectivity index (χ2v) is 4.78. The molecular formula is C11H21NO2. The summed E-state index contributed by atoms with van der Waals surface area (Å²) in [5.41, 5.74) is 0. The standard InChI is InChI=1S/C11H21NO2/c1-9(2)12-6-4-11(5-7-12)13-8-10(3)14-11/h9-10H,4-8H2,1-3H3/t10-/m0/s1. The Morgan fingerprint density at radius 2 is 1.93 bits per heavy atom. The summed E-state index contributed by atoms with van der Waals surface area (Å²) in [7, 11) is 0. The molecule has 0 aromatic carbocycles. The minimum Gasteiger partial charge on any atom is -0.347 e. The van der Waals surface area contributed by atoms with Crippen molar-refractivity contribution in [3.05, 3.63) is 0 Å². The minimum atomic E-state index is -0.231. The van der Waals surface area contributed by atoms with Crippen LogP contribution in [0, 0.1) is 0 Å². The molecule has 2 rings (SSSR count). The van der Waals surface area contributed by atoms with Crippen molar-refractivity contribution in [1.82, 2.24) is 4.90 Å². The van der Waals surface area contributed by atoms with Crippen LogP contribution in [0.4, 0.5) is 0 Å². The maximum absolute atomic E-state index is 5.87. The van der Waals surface area contributed by atoms with Gasteiger partial charge in [0.05, 0.1) is 12.7 Å². The Kier molecular flexibility index (Phi) is 2.82. The maximum Gasteiger partial charge on any atom is 0.171 e. The predicted octanol–water partition coefficient (Wildman–Crippen LogP) is 1.62. The molecule has 0 N–H and O–H groups in total. The first-order valence-electron chi connectivity index (χ1n) is 5.67. The third-order valence-corrected chi connectivity index (χ3v) is 3.29. The fraction of sp³-hybridized carbons (Fsp3) is 1.00. The highest BCUT2D eigenvalue weighted by atomic mass is 16.7. The van der Waals surface area contributed by atoms with Crippen molar-refractivity contribution in [2.45, 2.75) is 51.5 Å². The minimum absolute atomic E-state index is 0.231. The lowest BCUT2D eigenvalue weighted by molar-refractivity contribution is -0.195. The Bertz CT molecular complexity index is 197. The van der Waals surface area contributed by atoms with Crippen molar-refractivity contribution in [3.8, 4) is 0 Å². The first-order chi connectivity index (χ1) is 6.61. The van der Waals surface area contributed by atoms with Gasteiger partial charge in [-0.15, -0.1) is 0 Å². The average Bonchev–Trinajstić information content (AvgIpc) is 2.48. The van der Waals surface area contributed by atoms with E-state index in [-0.39, 0.29) is 11.9 Å². The van der Waals surface area contributed by atoms with E-state index in [1.807, 2.05) is 0 Å². The number of hydrogen-bond acceptors (Lipinski definition) is 3. The summed E-state index contributed by atoms with van der Waals surface area (Å²) in [6.45, 7) is 9.55. The molecule has 2 fully saturated rings. The summed E-state index contributed by atoms with van der Waals surface area (Å²) in [6.07, 6.45) is 2.33. The molecule has 0 saturated carbocycles. The van der Waals surface area contributed by atoms with Crippen LogP contribution in [0.3, 0.4) is 0 Å². The van der Waals surface area contributed by atoms with Crippen molar-refractivity contribution in [2.24, 2.45) is 0 Å². The fourth-order valence-corrected chi connectivity index (χ4v) is 2.35. The van der Waals surface area contributed by atoms with E-state index in [1.54, 1.807) is 0 Å². The highest BCUT2D eigenvalue weighted by molar-refractivity contribution is 4.85. The molecule has 3 nitrogen and oxygen atoms in total. The van der Waals surface area contributed by atoms with Crippen molar-refractivity contribution in [2.75, 3.05) is 19.7 Å². The summed E-state index contributed by atoms with van der Waals surface area (Å²) in [5.74, 6) is -0.231. The van der Waals surface area contributed by atoms with Crippen molar-refractivity contribution in [3.63, 3.8) is 0 Å². The van der Waals surface area contributed by atoms with Gasteiger partial charge in [0.1, 0.15) is 0 Å². The van der Waals surface area contributed by atoms with Gasteiger partial charge < -0.3 is 14.4 Å². The molecule has 0 aromatic heterocycles. The summed E-state index contributed by atoms with van der Waals surface area (Å²) in [6, 6.07) is 0.645. The van der Waals surface area contributed by atoms with Crippen molar-refractivity contribution >= 4 is 0 Å². The molecule has 1 spiro atoms. The van der Waals surface area contributed by atoms with E-state index in [1.165, 1.54) is 0 Å². The van der Waals surface area contributed by atoms with Gasteiger partial charge in [0.25, 0.3) is 0 Å². The molecule has 2 aliphatic heterocycles. The van der Waals surface area contributed by atoms with E-state index in [0.717, 1.165) is 32.5 Å². The lowest BCUT2D eigenvalue weighted by Crippen LogP contribution is -2.47. The van der Waals surface area contributed by atoms with Gasteiger partial charge >= 0.3 is 0 Å². The fourth-order valence-electron chi connectivity index (χ4n) is 2.35.